The number of halogens is 1. The van der Waals surface area contributed by atoms with Crippen LogP contribution in [0.2, 0.25) is 0 Å². The van der Waals surface area contributed by atoms with Crippen molar-refractivity contribution in [3.8, 4) is 0 Å². The average molecular weight is 383 g/mol. The van der Waals surface area contributed by atoms with Gasteiger partial charge >= 0.3 is 5.97 Å². The number of rotatable bonds is 6. The van der Waals surface area contributed by atoms with Crippen molar-refractivity contribution in [1.82, 2.24) is 4.72 Å². The Bertz CT molecular complexity index is 512. The van der Waals surface area contributed by atoms with Crippen molar-refractivity contribution in [1.29, 1.82) is 0 Å². The van der Waals surface area contributed by atoms with E-state index in [0.29, 0.717) is 6.42 Å². The number of aliphatic carboxylic acids is 1. The van der Waals surface area contributed by atoms with E-state index >= 15 is 0 Å². The van der Waals surface area contributed by atoms with Crippen molar-refractivity contribution >= 4 is 38.6 Å². The minimum atomic E-state index is -3.63. The number of hydrogen-bond acceptors (Lipinski definition) is 3. The highest BCUT2D eigenvalue weighted by atomic mass is 127. The Hall–Kier alpha value is -0.670. The highest BCUT2D eigenvalue weighted by Crippen LogP contribution is 2.12. The lowest BCUT2D eigenvalue weighted by molar-refractivity contribution is -0.141. The van der Waals surface area contributed by atoms with Crippen LogP contribution in [0.3, 0.4) is 0 Å². The van der Waals surface area contributed by atoms with Crippen LogP contribution in [0, 0.1) is 9.49 Å². The Morgan fingerprint density at radius 1 is 1.39 bits per heavy atom. The largest absolute Gasteiger partial charge is 0.481 e. The summed E-state index contributed by atoms with van der Waals surface area (Å²) in [4.78, 5) is 10.9. The van der Waals surface area contributed by atoms with Crippen molar-refractivity contribution in [2.75, 3.05) is 6.54 Å². The summed E-state index contributed by atoms with van der Waals surface area (Å²) in [7, 11) is -3.63. The quantitative estimate of drug-likeness (QED) is 0.733. The zero-order chi connectivity index (χ0) is 13.8. The molecule has 1 rings (SSSR count). The molecule has 0 aliphatic carbocycles. The molecule has 5 nitrogen and oxygen atoms in total. The summed E-state index contributed by atoms with van der Waals surface area (Å²) in [6.07, 6.45) is 0.380. The number of hydrogen-bond donors (Lipinski definition) is 2. The van der Waals surface area contributed by atoms with E-state index in [1.54, 1.807) is 19.1 Å². The van der Waals surface area contributed by atoms with Gasteiger partial charge in [-0.2, -0.15) is 0 Å². The minimum Gasteiger partial charge on any atom is -0.481 e. The molecule has 0 heterocycles. The molecular weight excluding hydrogens is 369 g/mol. The maximum absolute atomic E-state index is 11.9. The van der Waals surface area contributed by atoms with E-state index < -0.39 is 21.9 Å². The molecule has 0 amide bonds. The Labute approximate surface area is 120 Å². The number of carboxylic acids is 1. The van der Waals surface area contributed by atoms with Crippen LogP contribution in [0.4, 0.5) is 0 Å². The molecule has 0 spiro atoms. The van der Waals surface area contributed by atoms with Gasteiger partial charge in [-0.05, 0) is 53.3 Å². The molecule has 1 atom stereocenters. The molecule has 0 saturated heterocycles. The SMILES string of the molecule is CCC(CNS(=O)(=O)c1ccc(I)cc1)C(=O)O. The van der Waals surface area contributed by atoms with Gasteiger partial charge in [-0.25, -0.2) is 13.1 Å². The smallest absolute Gasteiger partial charge is 0.307 e. The van der Waals surface area contributed by atoms with Crippen LogP contribution < -0.4 is 4.72 Å². The topological polar surface area (TPSA) is 83.5 Å². The van der Waals surface area contributed by atoms with Crippen molar-refractivity contribution < 1.29 is 18.3 Å². The van der Waals surface area contributed by atoms with E-state index in [1.165, 1.54) is 12.1 Å². The first-order valence-electron chi connectivity index (χ1n) is 5.35. The first kappa shape index (κ1) is 15.4. The number of sulfonamides is 1. The van der Waals surface area contributed by atoms with Crippen LogP contribution in [-0.2, 0) is 14.8 Å². The molecule has 7 heteroatoms. The summed E-state index contributed by atoms with van der Waals surface area (Å²) in [5.74, 6) is -1.70. The van der Waals surface area contributed by atoms with Gasteiger partial charge in [0.15, 0.2) is 0 Å². The van der Waals surface area contributed by atoms with Gasteiger partial charge in [-0.3, -0.25) is 4.79 Å². The molecule has 0 saturated carbocycles. The summed E-state index contributed by atoms with van der Waals surface area (Å²) in [6, 6.07) is 6.35. The van der Waals surface area contributed by atoms with Crippen LogP contribution in [0.1, 0.15) is 13.3 Å². The molecule has 0 aliphatic heterocycles. The first-order chi connectivity index (χ1) is 8.36. The van der Waals surface area contributed by atoms with Crippen molar-refractivity contribution in [2.24, 2.45) is 5.92 Å². The lowest BCUT2D eigenvalue weighted by Gasteiger charge is -2.11. The monoisotopic (exact) mass is 383 g/mol. The molecule has 0 aromatic heterocycles. The standard InChI is InChI=1S/C11H14INO4S/c1-2-8(11(14)15)7-13-18(16,17)10-5-3-9(12)4-6-10/h3-6,8,13H,2,7H2,1H3,(H,14,15). The molecule has 100 valence electrons. The first-order valence-corrected chi connectivity index (χ1v) is 7.91. The fourth-order valence-corrected chi connectivity index (χ4v) is 2.75. The minimum absolute atomic E-state index is 0.0971. The molecule has 18 heavy (non-hydrogen) atoms. The second-order valence-corrected chi connectivity index (χ2v) is 6.76. The van der Waals surface area contributed by atoms with E-state index in [2.05, 4.69) is 27.3 Å². The fourth-order valence-electron chi connectivity index (χ4n) is 1.31. The van der Waals surface area contributed by atoms with Crippen LogP contribution in [0.25, 0.3) is 0 Å². The third-order valence-electron chi connectivity index (χ3n) is 2.49. The van der Waals surface area contributed by atoms with Gasteiger partial charge in [0.1, 0.15) is 0 Å². The number of carbonyl (C=O) groups is 1. The van der Waals surface area contributed by atoms with Gasteiger partial charge in [0.2, 0.25) is 10.0 Å². The Morgan fingerprint density at radius 3 is 2.39 bits per heavy atom. The summed E-state index contributed by atoms with van der Waals surface area (Å²) in [6.45, 7) is 1.61. The zero-order valence-electron chi connectivity index (χ0n) is 9.76. The fraction of sp³-hybridized carbons (Fsp3) is 0.364. The molecule has 1 aromatic carbocycles. The second-order valence-electron chi connectivity index (χ2n) is 3.75. The summed E-state index contributed by atoms with van der Waals surface area (Å²) >= 11 is 2.08. The van der Waals surface area contributed by atoms with Gasteiger partial charge in [0.25, 0.3) is 0 Å². The highest BCUT2D eigenvalue weighted by Gasteiger charge is 2.20. The Balaban J connectivity index is 2.76. The van der Waals surface area contributed by atoms with Crippen LogP contribution in [0.15, 0.2) is 29.2 Å². The molecule has 0 fully saturated rings. The zero-order valence-corrected chi connectivity index (χ0v) is 12.7. The van der Waals surface area contributed by atoms with Crippen molar-refractivity contribution in [2.45, 2.75) is 18.2 Å². The third-order valence-corrected chi connectivity index (χ3v) is 4.64. The molecule has 0 aliphatic rings. The average Bonchev–Trinajstić information content (AvgIpc) is 2.29. The number of nitrogens with one attached hydrogen (secondary N) is 1. The normalized spacial score (nSPS) is 13.2. The predicted molar refractivity (Wildman–Crippen MR) is 75.8 cm³/mol. The summed E-state index contributed by atoms with van der Waals surface area (Å²) < 4.78 is 27.0. The Kier molecular flexibility index (Phi) is 5.54. The van der Waals surface area contributed by atoms with E-state index in [9.17, 15) is 13.2 Å². The number of benzene rings is 1. The van der Waals surface area contributed by atoms with Crippen LogP contribution >= 0.6 is 22.6 Å². The lowest BCUT2D eigenvalue weighted by Crippen LogP contribution is -2.32. The van der Waals surface area contributed by atoms with Crippen molar-refractivity contribution in [3.05, 3.63) is 27.8 Å². The van der Waals surface area contributed by atoms with Gasteiger partial charge in [-0.15, -0.1) is 0 Å². The van der Waals surface area contributed by atoms with E-state index in [4.69, 9.17) is 5.11 Å². The Morgan fingerprint density at radius 2 is 1.94 bits per heavy atom. The maximum atomic E-state index is 11.9. The van der Waals surface area contributed by atoms with Crippen LogP contribution in [-0.4, -0.2) is 26.0 Å². The van der Waals surface area contributed by atoms with Gasteiger partial charge < -0.3 is 5.11 Å². The van der Waals surface area contributed by atoms with Crippen LogP contribution in [0.5, 0.6) is 0 Å². The molecule has 0 radical (unpaired) electrons. The predicted octanol–water partition coefficient (Wildman–Crippen LogP) is 1.68. The molecule has 0 bridgehead atoms. The molecule has 1 unspecified atom stereocenters. The molecule has 1 aromatic rings. The number of carboxylic acid groups (broad SMARTS) is 1. The van der Waals surface area contributed by atoms with Gasteiger partial charge in [-0.1, -0.05) is 6.92 Å². The van der Waals surface area contributed by atoms with E-state index in [0.717, 1.165) is 3.57 Å². The van der Waals surface area contributed by atoms with Crippen molar-refractivity contribution in [3.63, 3.8) is 0 Å². The third kappa shape index (κ3) is 4.21. The van der Waals surface area contributed by atoms with Gasteiger partial charge in [0, 0.05) is 10.1 Å². The van der Waals surface area contributed by atoms with E-state index in [-0.39, 0.29) is 11.4 Å². The van der Waals surface area contributed by atoms with Gasteiger partial charge in [0.05, 0.1) is 10.8 Å². The summed E-state index contributed by atoms with van der Waals surface area (Å²) in [5, 5.41) is 8.84. The second kappa shape index (κ2) is 6.48. The maximum Gasteiger partial charge on any atom is 0.307 e. The summed E-state index contributed by atoms with van der Waals surface area (Å²) in [5.41, 5.74) is 0. The molecular formula is C11H14INO4S. The lowest BCUT2D eigenvalue weighted by atomic mass is 10.1. The highest BCUT2D eigenvalue weighted by molar-refractivity contribution is 14.1. The molecule has 2 N–H and O–H groups in total. The van der Waals surface area contributed by atoms with E-state index in [1.807, 2.05) is 0 Å².